The summed E-state index contributed by atoms with van der Waals surface area (Å²) in [4.78, 5) is 14.7. The Labute approximate surface area is 126 Å². The summed E-state index contributed by atoms with van der Waals surface area (Å²) in [5, 5.41) is 8.70. The summed E-state index contributed by atoms with van der Waals surface area (Å²) in [5.41, 5.74) is 1.65. The lowest BCUT2D eigenvalue weighted by molar-refractivity contribution is 0.0735. The monoisotopic (exact) mass is 283 g/mol. The minimum Gasteiger partial charge on any atom is -0.395 e. The molecule has 3 heteroatoms. The molecule has 0 bridgehead atoms. The van der Waals surface area contributed by atoms with Crippen molar-refractivity contribution in [2.45, 2.75) is 38.1 Å². The Morgan fingerprint density at radius 3 is 2.48 bits per heavy atom. The first-order valence-corrected chi connectivity index (χ1v) is 7.78. The smallest absolute Gasteiger partial charge is 0.254 e. The van der Waals surface area contributed by atoms with Gasteiger partial charge in [0.15, 0.2) is 0 Å². The number of nitrogens with zero attached hydrogens (tertiary/aromatic N) is 1. The zero-order chi connectivity index (χ0) is 14.7. The summed E-state index contributed by atoms with van der Waals surface area (Å²) in [6.45, 7) is 1.02. The van der Waals surface area contributed by atoms with E-state index in [2.05, 4.69) is 16.7 Å². The first-order chi connectivity index (χ1) is 10.3. The van der Waals surface area contributed by atoms with Gasteiger partial charge in [-0.2, -0.15) is 0 Å². The highest BCUT2D eigenvalue weighted by Gasteiger charge is 2.36. The summed E-state index contributed by atoms with van der Waals surface area (Å²) in [5.74, 6) is 6.77. The Kier molecular flexibility index (Phi) is 4.26. The van der Waals surface area contributed by atoms with E-state index in [9.17, 15) is 4.79 Å². The molecule has 1 N–H and O–H groups in total. The lowest BCUT2D eigenvalue weighted by Gasteiger charge is -2.22. The molecule has 2 fully saturated rings. The molecule has 1 aromatic carbocycles. The third-order valence-corrected chi connectivity index (χ3v) is 4.00. The summed E-state index contributed by atoms with van der Waals surface area (Å²) >= 11 is 0. The Morgan fingerprint density at radius 1 is 1.19 bits per heavy atom. The summed E-state index contributed by atoms with van der Waals surface area (Å²) in [6, 6.07) is 7.99. The molecule has 2 aliphatic rings. The van der Waals surface area contributed by atoms with Crippen LogP contribution in [0.2, 0.25) is 0 Å². The predicted octanol–water partition coefficient (Wildman–Crippen LogP) is 2.44. The number of aliphatic hydroxyl groups is 1. The van der Waals surface area contributed by atoms with Gasteiger partial charge in [-0.25, -0.2) is 0 Å². The largest absolute Gasteiger partial charge is 0.395 e. The molecule has 0 unspecified atom stereocenters. The second-order valence-corrected chi connectivity index (χ2v) is 5.98. The number of rotatable bonds is 5. The van der Waals surface area contributed by atoms with Crippen LogP contribution in [0.25, 0.3) is 0 Å². The van der Waals surface area contributed by atoms with Crippen molar-refractivity contribution in [3.05, 3.63) is 35.4 Å². The highest BCUT2D eigenvalue weighted by Crippen LogP contribution is 2.35. The first kappa shape index (κ1) is 14.2. The van der Waals surface area contributed by atoms with Crippen LogP contribution in [-0.2, 0) is 0 Å². The summed E-state index contributed by atoms with van der Waals surface area (Å²) in [6.07, 6.45) is 5.34. The van der Waals surface area contributed by atoms with Crippen molar-refractivity contribution in [3.8, 4) is 11.8 Å². The topological polar surface area (TPSA) is 40.5 Å². The quantitative estimate of drug-likeness (QED) is 0.843. The Morgan fingerprint density at radius 2 is 1.90 bits per heavy atom. The molecule has 3 nitrogen and oxygen atoms in total. The average molecular weight is 283 g/mol. The van der Waals surface area contributed by atoms with Crippen molar-refractivity contribution in [1.29, 1.82) is 0 Å². The molecule has 0 aromatic heterocycles. The molecule has 2 aliphatic carbocycles. The fourth-order valence-corrected chi connectivity index (χ4v) is 2.45. The van der Waals surface area contributed by atoms with Crippen LogP contribution in [-0.4, -0.2) is 35.1 Å². The number of carbonyl (C=O) groups is 1. The van der Waals surface area contributed by atoms with Crippen LogP contribution >= 0.6 is 0 Å². The molecule has 0 aliphatic heterocycles. The molecule has 1 amide bonds. The van der Waals surface area contributed by atoms with Gasteiger partial charge in [0.05, 0.1) is 6.61 Å². The molecular weight excluding hydrogens is 262 g/mol. The van der Waals surface area contributed by atoms with Gasteiger partial charge in [0, 0.05) is 30.1 Å². The fourth-order valence-electron chi connectivity index (χ4n) is 2.45. The van der Waals surface area contributed by atoms with Crippen LogP contribution < -0.4 is 0 Å². The number of hydrogen-bond acceptors (Lipinski definition) is 2. The molecule has 0 atom stereocenters. The standard InChI is InChI=1S/C18H21NO2/c20-12-2-1-3-14-6-8-16(9-7-14)18(21)19(17-10-11-17)13-15-4-5-15/h6-9,15,17,20H,2,4-5,10-13H2. The number of carbonyl (C=O) groups excluding carboxylic acids is 1. The summed E-state index contributed by atoms with van der Waals surface area (Å²) in [7, 11) is 0. The highest BCUT2D eigenvalue weighted by molar-refractivity contribution is 5.94. The average Bonchev–Trinajstić information content (AvgIpc) is 3.38. The second-order valence-electron chi connectivity index (χ2n) is 5.98. The van der Waals surface area contributed by atoms with Crippen LogP contribution in [0.1, 0.15) is 48.0 Å². The predicted molar refractivity (Wildman–Crippen MR) is 81.8 cm³/mol. The van der Waals surface area contributed by atoms with Crippen molar-refractivity contribution in [2.75, 3.05) is 13.2 Å². The number of amides is 1. The Hall–Kier alpha value is -1.79. The van der Waals surface area contributed by atoms with E-state index in [1.54, 1.807) is 0 Å². The van der Waals surface area contributed by atoms with Crippen molar-refractivity contribution in [3.63, 3.8) is 0 Å². The van der Waals surface area contributed by atoms with E-state index < -0.39 is 0 Å². The van der Waals surface area contributed by atoms with Crippen molar-refractivity contribution < 1.29 is 9.90 Å². The van der Waals surface area contributed by atoms with E-state index in [-0.39, 0.29) is 12.5 Å². The maximum absolute atomic E-state index is 12.6. The molecule has 21 heavy (non-hydrogen) atoms. The lowest BCUT2D eigenvalue weighted by Crippen LogP contribution is -2.34. The molecule has 0 radical (unpaired) electrons. The Bertz CT molecular complexity index is 559. The van der Waals surface area contributed by atoms with Crippen molar-refractivity contribution in [1.82, 2.24) is 4.90 Å². The van der Waals surface area contributed by atoms with Gasteiger partial charge in [-0.1, -0.05) is 11.8 Å². The number of aliphatic hydroxyl groups excluding tert-OH is 1. The van der Waals surface area contributed by atoms with Gasteiger partial charge in [-0.15, -0.1) is 0 Å². The van der Waals surface area contributed by atoms with Gasteiger partial charge in [0.2, 0.25) is 0 Å². The second kappa shape index (κ2) is 6.32. The molecule has 3 rings (SSSR count). The minimum atomic E-state index is 0.0844. The zero-order valence-corrected chi connectivity index (χ0v) is 12.2. The van der Waals surface area contributed by atoms with E-state index in [0.29, 0.717) is 12.5 Å². The first-order valence-electron chi connectivity index (χ1n) is 7.78. The van der Waals surface area contributed by atoms with E-state index in [4.69, 9.17) is 5.11 Å². The Balaban J connectivity index is 1.67. The van der Waals surface area contributed by atoms with Crippen LogP contribution in [0.3, 0.4) is 0 Å². The molecule has 1 aromatic rings. The minimum absolute atomic E-state index is 0.0844. The molecule has 2 saturated carbocycles. The SMILES string of the molecule is O=C(c1ccc(C#CCCO)cc1)N(CC1CC1)C1CC1. The molecule has 110 valence electrons. The van der Waals surface area contributed by atoms with Gasteiger partial charge in [-0.3, -0.25) is 4.79 Å². The van der Waals surface area contributed by atoms with E-state index in [0.717, 1.165) is 36.4 Å². The van der Waals surface area contributed by atoms with Crippen molar-refractivity contribution >= 4 is 5.91 Å². The van der Waals surface area contributed by atoms with E-state index >= 15 is 0 Å². The van der Waals surface area contributed by atoms with Gasteiger partial charge in [0.25, 0.3) is 5.91 Å². The van der Waals surface area contributed by atoms with Gasteiger partial charge >= 0.3 is 0 Å². The maximum atomic E-state index is 12.6. The van der Waals surface area contributed by atoms with Gasteiger partial charge in [0.1, 0.15) is 0 Å². The maximum Gasteiger partial charge on any atom is 0.254 e. The van der Waals surface area contributed by atoms with E-state index in [1.807, 2.05) is 24.3 Å². The normalized spacial score (nSPS) is 17.0. The van der Waals surface area contributed by atoms with E-state index in [1.165, 1.54) is 12.8 Å². The number of benzene rings is 1. The fraction of sp³-hybridized carbons (Fsp3) is 0.500. The van der Waals surface area contributed by atoms with Crippen LogP contribution in [0.5, 0.6) is 0 Å². The summed E-state index contributed by atoms with van der Waals surface area (Å²) < 4.78 is 0. The van der Waals surface area contributed by atoms with Crippen LogP contribution in [0, 0.1) is 17.8 Å². The molecular formula is C18H21NO2. The highest BCUT2D eigenvalue weighted by atomic mass is 16.2. The third-order valence-electron chi connectivity index (χ3n) is 4.00. The van der Waals surface area contributed by atoms with Crippen LogP contribution in [0.15, 0.2) is 24.3 Å². The van der Waals surface area contributed by atoms with Gasteiger partial charge in [-0.05, 0) is 55.9 Å². The van der Waals surface area contributed by atoms with Crippen molar-refractivity contribution in [2.24, 2.45) is 5.92 Å². The van der Waals surface area contributed by atoms with Crippen LogP contribution in [0.4, 0.5) is 0 Å². The molecule has 0 saturated heterocycles. The molecule has 0 spiro atoms. The third kappa shape index (κ3) is 3.86. The molecule has 0 heterocycles. The number of hydrogen-bond donors (Lipinski definition) is 1. The zero-order valence-electron chi connectivity index (χ0n) is 12.2. The lowest BCUT2D eigenvalue weighted by atomic mass is 10.1. The van der Waals surface area contributed by atoms with Gasteiger partial charge < -0.3 is 10.0 Å².